The quantitative estimate of drug-likeness (QED) is 0.831. The van der Waals surface area contributed by atoms with Gasteiger partial charge in [-0.3, -0.25) is 0 Å². The summed E-state index contributed by atoms with van der Waals surface area (Å²) in [4.78, 5) is 2.25. The molecule has 1 saturated heterocycles. The number of nitriles is 1. The van der Waals surface area contributed by atoms with E-state index in [0.717, 1.165) is 43.6 Å². The number of benzene rings is 2. The number of aliphatic hydroxyl groups is 1. The summed E-state index contributed by atoms with van der Waals surface area (Å²) in [5.74, 6) is 0.639. The summed E-state index contributed by atoms with van der Waals surface area (Å²) in [6.45, 7) is 3.19. The molecule has 0 bridgehead atoms. The van der Waals surface area contributed by atoms with Gasteiger partial charge in [-0.15, -0.1) is 0 Å². The van der Waals surface area contributed by atoms with E-state index in [2.05, 4.69) is 11.0 Å². The van der Waals surface area contributed by atoms with Crippen molar-refractivity contribution in [3.8, 4) is 22.9 Å². The Kier molecular flexibility index (Phi) is 5.47. The minimum atomic E-state index is -0.182. The van der Waals surface area contributed by atoms with E-state index in [0.29, 0.717) is 17.9 Å². The van der Waals surface area contributed by atoms with Crippen molar-refractivity contribution in [3.63, 3.8) is 0 Å². The average molecular weight is 322 g/mol. The second kappa shape index (κ2) is 7.96. The van der Waals surface area contributed by atoms with Gasteiger partial charge in [0.25, 0.3) is 0 Å². The topological polar surface area (TPSA) is 56.5 Å². The van der Waals surface area contributed by atoms with Gasteiger partial charge < -0.3 is 14.7 Å². The Morgan fingerprint density at radius 3 is 2.71 bits per heavy atom. The van der Waals surface area contributed by atoms with E-state index in [9.17, 15) is 10.4 Å². The van der Waals surface area contributed by atoms with E-state index in [1.807, 2.05) is 48.5 Å². The van der Waals surface area contributed by atoms with Gasteiger partial charge in [0, 0.05) is 19.6 Å². The van der Waals surface area contributed by atoms with Crippen LogP contribution < -0.4 is 4.74 Å². The number of hydrogen-bond donors (Lipinski definition) is 1. The summed E-state index contributed by atoms with van der Waals surface area (Å²) in [6.07, 6.45) is 1.56. The van der Waals surface area contributed by atoms with Crippen LogP contribution >= 0.6 is 0 Å². The molecule has 1 aliphatic heterocycles. The molecule has 1 heterocycles. The van der Waals surface area contributed by atoms with E-state index in [-0.39, 0.29) is 6.10 Å². The molecular formula is C20H22N2O2. The second-order valence-corrected chi connectivity index (χ2v) is 6.13. The number of rotatable bonds is 6. The van der Waals surface area contributed by atoms with Gasteiger partial charge in [-0.2, -0.15) is 5.26 Å². The predicted molar refractivity (Wildman–Crippen MR) is 93.8 cm³/mol. The van der Waals surface area contributed by atoms with Crippen molar-refractivity contribution < 1.29 is 9.84 Å². The van der Waals surface area contributed by atoms with Gasteiger partial charge >= 0.3 is 0 Å². The van der Waals surface area contributed by atoms with Crippen LogP contribution in [0.15, 0.2) is 48.5 Å². The third-order valence-corrected chi connectivity index (χ3v) is 4.33. The summed E-state index contributed by atoms with van der Waals surface area (Å²) < 4.78 is 5.87. The van der Waals surface area contributed by atoms with Crippen molar-refractivity contribution in [2.45, 2.75) is 18.9 Å². The normalized spacial score (nSPS) is 17.6. The van der Waals surface area contributed by atoms with E-state index in [1.54, 1.807) is 0 Å². The fourth-order valence-corrected chi connectivity index (χ4v) is 3.03. The fourth-order valence-electron chi connectivity index (χ4n) is 3.03. The van der Waals surface area contributed by atoms with Gasteiger partial charge in [0.1, 0.15) is 11.8 Å². The maximum absolute atomic E-state index is 9.53. The van der Waals surface area contributed by atoms with Gasteiger partial charge in [0.15, 0.2) is 0 Å². The Hall–Kier alpha value is -2.35. The maximum atomic E-state index is 9.53. The lowest BCUT2D eigenvalue weighted by atomic mass is 10.0. The van der Waals surface area contributed by atoms with Crippen molar-refractivity contribution in [3.05, 3.63) is 54.1 Å². The van der Waals surface area contributed by atoms with Crippen LogP contribution in [0, 0.1) is 11.3 Å². The SMILES string of the molecule is N#Cc1ccc(-c2ccccc2)cc1OCCCN1CC[C@@H](O)C1. The standard InChI is InChI=1S/C20H22N2O2/c21-14-18-8-7-17(16-5-2-1-3-6-16)13-20(18)24-12-4-10-22-11-9-19(23)15-22/h1-3,5-8,13,19,23H,4,9-12,15H2/t19-/m1/s1. The number of hydrogen-bond acceptors (Lipinski definition) is 4. The molecule has 24 heavy (non-hydrogen) atoms. The van der Waals surface area contributed by atoms with Crippen molar-refractivity contribution in [2.75, 3.05) is 26.2 Å². The Morgan fingerprint density at radius 2 is 2.00 bits per heavy atom. The number of aliphatic hydroxyl groups excluding tert-OH is 1. The van der Waals surface area contributed by atoms with Gasteiger partial charge in [-0.25, -0.2) is 0 Å². The van der Waals surface area contributed by atoms with Crippen molar-refractivity contribution in [2.24, 2.45) is 0 Å². The van der Waals surface area contributed by atoms with Crippen LogP contribution in [-0.2, 0) is 0 Å². The highest BCUT2D eigenvalue weighted by Gasteiger charge is 2.19. The number of likely N-dealkylation sites (tertiary alicyclic amines) is 1. The van der Waals surface area contributed by atoms with Crippen molar-refractivity contribution in [1.29, 1.82) is 5.26 Å². The van der Waals surface area contributed by atoms with E-state index in [1.165, 1.54) is 0 Å². The molecule has 1 atom stereocenters. The molecule has 1 aliphatic rings. The predicted octanol–water partition coefficient (Wildman–Crippen LogP) is 3.06. The summed E-state index contributed by atoms with van der Waals surface area (Å²) >= 11 is 0. The minimum absolute atomic E-state index is 0.182. The summed E-state index contributed by atoms with van der Waals surface area (Å²) in [5.41, 5.74) is 2.72. The molecule has 3 rings (SSSR count). The Labute approximate surface area is 142 Å². The third-order valence-electron chi connectivity index (χ3n) is 4.33. The first-order chi connectivity index (χ1) is 11.8. The molecule has 4 nitrogen and oxygen atoms in total. The lowest BCUT2D eigenvalue weighted by Crippen LogP contribution is -2.24. The number of nitrogens with zero attached hydrogens (tertiary/aromatic N) is 2. The van der Waals surface area contributed by atoms with E-state index >= 15 is 0 Å². The van der Waals surface area contributed by atoms with Crippen LogP contribution in [0.2, 0.25) is 0 Å². The highest BCUT2D eigenvalue weighted by molar-refractivity contribution is 5.67. The molecule has 1 fully saturated rings. The molecule has 0 aromatic heterocycles. The smallest absolute Gasteiger partial charge is 0.137 e. The van der Waals surface area contributed by atoms with Crippen LogP contribution in [0.4, 0.5) is 0 Å². The molecule has 0 saturated carbocycles. The number of β-amino-alcohol motifs (C(OH)–C–C–N with tert-alkyl or cyclic N) is 1. The zero-order chi connectivity index (χ0) is 16.8. The molecule has 0 spiro atoms. The fraction of sp³-hybridized carbons (Fsp3) is 0.350. The molecule has 0 amide bonds. The second-order valence-electron chi connectivity index (χ2n) is 6.13. The lowest BCUT2D eigenvalue weighted by molar-refractivity contribution is 0.173. The molecule has 1 N–H and O–H groups in total. The first kappa shape index (κ1) is 16.5. The average Bonchev–Trinajstić information content (AvgIpc) is 3.04. The molecule has 2 aromatic carbocycles. The monoisotopic (exact) mass is 322 g/mol. The largest absolute Gasteiger partial charge is 0.492 e. The van der Waals surface area contributed by atoms with E-state index in [4.69, 9.17) is 4.74 Å². The molecular weight excluding hydrogens is 300 g/mol. The molecule has 0 radical (unpaired) electrons. The zero-order valence-electron chi connectivity index (χ0n) is 13.7. The van der Waals surface area contributed by atoms with Crippen LogP contribution in [0.5, 0.6) is 5.75 Å². The van der Waals surface area contributed by atoms with Gasteiger partial charge in [0.2, 0.25) is 0 Å². The molecule has 0 aliphatic carbocycles. The number of ether oxygens (including phenoxy) is 1. The molecule has 4 heteroatoms. The first-order valence-electron chi connectivity index (χ1n) is 8.39. The molecule has 124 valence electrons. The highest BCUT2D eigenvalue weighted by Crippen LogP contribution is 2.27. The molecule has 2 aromatic rings. The Morgan fingerprint density at radius 1 is 1.17 bits per heavy atom. The van der Waals surface area contributed by atoms with Crippen LogP contribution in [0.1, 0.15) is 18.4 Å². The highest BCUT2D eigenvalue weighted by atomic mass is 16.5. The van der Waals surface area contributed by atoms with E-state index < -0.39 is 0 Å². The van der Waals surface area contributed by atoms with Crippen LogP contribution in [-0.4, -0.2) is 42.4 Å². The maximum Gasteiger partial charge on any atom is 0.137 e. The van der Waals surface area contributed by atoms with Crippen molar-refractivity contribution >= 4 is 0 Å². The zero-order valence-corrected chi connectivity index (χ0v) is 13.7. The van der Waals surface area contributed by atoms with Gasteiger partial charge in [-0.05, 0) is 36.1 Å². The minimum Gasteiger partial charge on any atom is -0.492 e. The van der Waals surface area contributed by atoms with Crippen molar-refractivity contribution in [1.82, 2.24) is 4.90 Å². The Bertz CT molecular complexity index is 709. The Balaban J connectivity index is 1.60. The summed E-state index contributed by atoms with van der Waals surface area (Å²) in [7, 11) is 0. The third kappa shape index (κ3) is 4.14. The molecule has 0 unspecified atom stereocenters. The van der Waals surface area contributed by atoms with Gasteiger partial charge in [-0.1, -0.05) is 36.4 Å². The first-order valence-corrected chi connectivity index (χ1v) is 8.39. The van der Waals surface area contributed by atoms with Gasteiger partial charge in [0.05, 0.1) is 18.3 Å². The van der Waals surface area contributed by atoms with Crippen LogP contribution in [0.3, 0.4) is 0 Å². The summed E-state index contributed by atoms with van der Waals surface area (Å²) in [6, 6.07) is 18.0. The lowest BCUT2D eigenvalue weighted by Gasteiger charge is -2.15. The summed E-state index contributed by atoms with van der Waals surface area (Å²) in [5, 5.41) is 18.8. The van der Waals surface area contributed by atoms with Crippen LogP contribution in [0.25, 0.3) is 11.1 Å².